The molecule has 1 aromatic carbocycles. The zero-order chi connectivity index (χ0) is 10.7. The lowest BCUT2D eigenvalue weighted by atomic mass is 10.2. The number of nitrogens with zero attached hydrogens (tertiary/aromatic N) is 1. The van der Waals surface area contributed by atoms with Crippen LogP contribution in [-0.4, -0.2) is 28.6 Å². The molecular weight excluding hydrogens is 190 g/mol. The van der Waals surface area contributed by atoms with E-state index in [9.17, 15) is 4.79 Å². The van der Waals surface area contributed by atoms with Crippen LogP contribution in [-0.2, 0) is 11.3 Å². The molecule has 1 amide bonds. The maximum atomic E-state index is 11.5. The molecule has 0 saturated heterocycles. The van der Waals surface area contributed by atoms with Crippen LogP contribution >= 0.6 is 0 Å². The number of carbonyl (C=O) groups excluding carboxylic acids is 1. The molecule has 1 aromatic rings. The van der Waals surface area contributed by atoms with E-state index in [4.69, 9.17) is 5.11 Å². The van der Waals surface area contributed by atoms with E-state index in [1.165, 1.54) is 6.08 Å². The molecule has 15 heavy (non-hydrogen) atoms. The third-order valence-corrected chi connectivity index (χ3v) is 2.53. The zero-order valence-corrected chi connectivity index (χ0v) is 8.34. The van der Waals surface area contributed by atoms with Crippen molar-refractivity contribution in [3.8, 4) is 0 Å². The highest BCUT2D eigenvalue weighted by molar-refractivity contribution is 5.90. The fourth-order valence-electron chi connectivity index (χ4n) is 1.69. The molecule has 0 fully saturated rings. The molecule has 0 bridgehead atoms. The van der Waals surface area contributed by atoms with E-state index in [2.05, 4.69) is 0 Å². The van der Waals surface area contributed by atoms with E-state index in [0.29, 0.717) is 6.54 Å². The Morgan fingerprint density at radius 1 is 1.27 bits per heavy atom. The highest BCUT2D eigenvalue weighted by Gasteiger charge is 2.24. The van der Waals surface area contributed by atoms with Crippen molar-refractivity contribution in [2.24, 2.45) is 0 Å². The second kappa shape index (κ2) is 4.28. The Labute approximate surface area is 88.6 Å². The van der Waals surface area contributed by atoms with Crippen LogP contribution in [0.2, 0.25) is 0 Å². The number of hydrogen-bond acceptors (Lipinski definition) is 2. The number of amides is 1. The Hall–Kier alpha value is -1.61. The van der Waals surface area contributed by atoms with Gasteiger partial charge in [-0.1, -0.05) is 36.4 Å². The van der Waals surface area contributed by atoms with Gasteiger partial charge >= 0.3 is 0 Å². The van der Waals surface area contributed by atoms with Crippen LogP contribution < -0.4 is 0 Å². The van der Waals surface area contributed by atoms with Crippen LogP contribution in [0.5, 0.6) is 0 Å². The molecule has 1 heterocycles. The summed E-state index contributed by atoms with van der Waals surface area (Å²) in [5, 5.41) is 9.09. The standard InChI is InChI=1S/C12H13NO2/c14-9-11-6-7-12(15)13(11)8-10-4-2-1-3-5-10/h1-7,11,14H,8-9H2/t11-/m0/s1. The summed E-state index contributed by atoms with van der Waals surface area (Å²) >= 11 is 0. The molecule has 3 heteroatoms. The van der Waals surface area contributed by atoms with Crippen molar-refractivity contribution in [3.05, 3.63) is 48.0 Å². The van der Waals surface area contributed by atoms with Gasteiger partial charge in [-0.3, -0.25) is 4.79 Å². The molecule has 2 rings (SSSR count). The quantitative estimate of drug-likeness (QED) is 0.794. The number of benzene rings is 1. The number of hydrogen-bond donors (Lipinski definition) is 1. The lowest BCUT2D eigenvalue weighted by Gasteiger charge is -2.23. The van der Waals surface area contributed by atoms with Crippen LogP contribution in [0.1, 0.15) is 5.56 Å². The van der Waals surface area contributed by atoms with Crippen molar-refractivity contribution in [3.63, 3.8) is 0 Å². The summed E-state index contributed by atoms with van der Waals surface area (Å²) in [5.41, 5.74) is 1.08. The molecule has 1 atom stereocenters. The number of rotatable bonds is 3. The number of carbonyl (C=O) groups is 1. The number of aliphatic hydroxyl groups is 1. The van der Waals surface area contributed by atoms with E-state index < -0.39 is 0 Å². The summed E-state index contributed by atoms with van der Waals surface area (Å²) in [6, 6.07) is 9.60. The molecule has 1 aliphatic heterocycles. The van der Waals surface area contributed by atoms with Gasteiger partial charge in [-0.25, -0.2) is 0 Å². The highest BCUT2D eigenvalue weighted by Crippen LogP contribution is 2.14. The smallest absolute Gasteiger partial charge is 0.247 e. The van der Waals surface area contributed by atoms with Crippen molar-refractivity contribution < 1.29 is 9.90 Å². The molecule has 0 spiro atoms. The SMILES string of the molecule is O=C1C=C[C@@H](CO)N1Cc1ccccc1. The Bertz CT molecular complexity index is 372. The molecule has 1 aliphatic rings. The molecule has 3 nitrogen and oxygen atoms in total. The summed E-state index contributed by atoms with van der Waals surface area (Å²) < 4.78 is 0. The highest BCUT2D eigenvalue weighted by atomic mass is 16.3. The van der Waals surface area contributed by atoms with Crippen molar-refractivity contribution >= 4 is 5.91 Å². The van der Waals surface area contributed by atoms with Gasteiger partial charge in [0.05, 0.1) is 12.6 Å². The predicted molar refractivity (Wildman–Crippen MR) is 57.0 cm³/mol. The predicted octanol–water partition coefficient (Wildman–Crippen LogP) is 0.946. The van der Waals surface area contributed by atoms with Crippen molar-refractivity contribution in [1.29, 1.82) is 0 Å². The first-order valence-electron chi connectivity index (χ1n) is 4.95. The van der Waals surface area contributed by atoms with Crippen LogP contribution in [0.25, 0.3) is 0 Å². The molecule has 0 unspecified atom stereocenters. The average molecular weight is 203 g/mol. The first-order chi connectivity index (χ1) is 7.31. The Morgan fingerprint density at radius 2 is 2.00 bits per heavy atom. The molecular formula is C12H13NO2. The van der Waals surface area contributed by atoms with Crippen LogP contribution in [0.3, 0.4) is 0 Å². The van der Waals surface area contributed by atoms with Crippen LogP contribution in [0.4, 0.5) is 0 Å². The summed E-state index contributed by atoms with van der Waals surface area (Å²) in [6.07, 6.45) is 3.26. The maximum absolute atomic E-state index is 11.5. The molecule has 78 valence electrons. The molecule has 1 N–H and O–H groups in total. The minimum atomic E-state index is -0.169. The lowest BCUT2D eigenvalue weighted by Crippen LogP contribution is -2.35. The van der Waals surface area contributed by atoms with Gasteiger partial charge in [0.15, 0.2) is 0 Å². The van der Waals surface area contributed by atoms with Gasteiger partial charge in [0.25, 0.3) is 0 Å². The third-order valence-electron chi connectivity index (χ3n) is 2.53. The fraction of sp³-hybridized carbons (Fsp3) is 0.250. The van der Waals surface area contributed by atoms with E-state index in [-0.39, 0.29) is 18.6 Å². The summed E-state index contributed by atoms with van der Waals surface area (Å²) in [4.78, 5) is 13.1. The van der Waals surface area contributed by atoms with Gasteiger partial charge in [-0.2, -0.15) is 0 Å². The first-order valence-corrected chi connectivity index (χ1v) is 4.95. The van der Waals surface area contributed by atoms with Crippen LogP contribution in [0, 0.1) is 0 Å². The van der Waals surface area contributed by atoms with Gasteiger partial charge in [-0.05, 0) is 5.56 Å². The maximum Gasteiger partial charge on any atom is 0.247 e. The molecule has 0 radical (unpaired) electrons. The molecule has 0 saturated carbocycles. The third kappa shape index (κ3) is 2.07. The first kappa shape index (κ1) is 9.93. The zero-order valence-electron chi connectivity index (χ0n) is 8.34. The normalized spacial score (nSPS) is 19.9. The minimum absolute atomic E-state index is 0.0188. The molecule has 0 aliphatic carbocycles. The van der Waals surface area contributed by atoms with Gasteiger partial charge in [0.2, 0.25) is 5.91 Å². The summed E-state index contributed by atoms with van der Waals surface area (Å²) in [7, 11) is 0. The Kier molecular flexibility index (Phi) is 2.83. The van der Waals surface area contributed by atoms with Gasteiger partial charge < -0.3 is 10.0 Å². The number of aliphatic hydroxyl groups excluding tert-OH is 1. The summed E-state index contributed by atoms with van der Waals surface area (Å²) in [5.74, 6) is -0.0297. The van der Waals surface area contributed by atoms with E-state index in [0.717, 1.165) is 5.56 Å². The lowest BCUT2D eigenvalue weighted by molar-refractivity contribution is -0.127. The Balaban J connectivity index is 2.09. The van der Waals surface area contributed by atoms with E-state index >= 15 is 0 Å². The molecule has 0 aromatic heterocycles. The second-order valence-electron chi connectivity index (χ2n) is 3.56. The second-order valence-corrected chi connectivity index (χ2v) is 3.56. The largest absolute Gasteiger partial charge is 0.394 e. The Morgan fingerprint density at radius 3 is 2.67 bits per heavy atom. The van der Waals surface area contributed by atoms with Gasteiger partial charge in [0, 0.05) is 12.6 Å². The van der Waals surface area contributed by atoms with E-state index in [1.807, 2.05) is 30.3 Å². The topological polar surface area (TPSA) is 40.5 Å². The van der Waals surface area contributed by atoms with Gasteiger partial charge in [0.1, 0.15) is 0 Å². The van der Waals surface area contributed by atoms with Crippen LogP contribution in [0.15, 0.2) is 42.5 Å². The van der Waals surface area contributed by atoms with Crippen molar-refractivity contribution in [2.75, 3.05) is 6.61 Å². The van der Waals surface area contributed by atoms with Gasteiger partial charge in [-0.15, -0.1) is 0 Å². The monoisotopic (exact) mass is 203 g/mol. The summed E-state index contributed by atoms with van der Waals surface area (Å²) in [6.45, 7) is 0.535. The van der Waals surface area contributed by atoms with E-state index in [1.54, 1.807) is 11.0 Å². The van der Waals surface area contributed by atoms with Crippen molar-refractivity contribution in [1.82, 2.24) is 4.90 Å². The minimum Gasteiger partial charge on any atom is -0.394 e. The van der Waals surface area contributed by atoms with Crippen molar-refractivity contribution in [2.45, 2.75) is 12.6 Å². The fourth-order valence-corrected chi connectivity index (χ4v) is 1.69. The average Bonchev–Trinajstić information content (AvgIpc) is 2.62.